The second kappa shape index (κ2) is 10.7. The third-order valence-corrected chi connectivity index (χ3v) is 9.80. The van der Waals surface area contributed by atoms with Crippen LogP contribution in [-0.4, -0.2) is 9.55 Å². The van der Waals surface area contributed by atoms with E-state index in [1.165, 1.54) is 33.5 Å². The van der Waals surface area contributed by atoms with Gasteiger partial charge in [0.25, 0.3) is 0 Å². The molecule has 9 rings (SSSR count). The van der Waals surface area contributed by atoms with Crippen LogP contribution in [0.5, 0.6) is 0 Å². The standard InChI is InChI=1S/C44H36N2O2/c1-25(2)34-23-29(28-12-7-6-8-13-28)24-35(26(3)4)41(34)46-37-20-18-27(5)22-36(37)45-44(46)33-16-11-15-30-31-19-21-39-40(43(31)48-42(30)33)32-14-9-10-17-38(32)47-39/h6-26H,1-5H3. The molecule has 0 unspecified atom stereocenters. The summed E-state index contributed by atoms with van der Waals surface area (Å²) in [6.45, 7) is 11.3. The molecule has 0 saturated heterocycles. The summed E-state index contributed by atoms with van der Waals surface area (Å²) in [7, 11) is 0. The maximum Gasteiger partial charge on any atom is 0.149 e. The van der Waals surface area contributed by atoms with Gasteiger partial charge in [0, 0.05) is 16.2 Å². The van der Waals surface area contributed by atoms with Crippen LogP contribution in [0.2, 0.25) is 0 Å². The Balaban J connectivity index is 1.39. The first-order valence-corrected chi connectivity index (χ1v) is 16.9. The van der Waals surface area contributed by atoms with Crippen LogP contribution >= 0.6 is 0 Å². The molecule has 4 nitrogen and oxygen atoms in total. The van der Waals surface area contributed by atoms with Crippen molar-refractivity contribution in [3.05, 3.63) is 132 Å². The van der Waals surface area contributed by atoms with Gasteiger partial charge in [-0.05, 0) is 95.1 Å². The lowest BCUT2D eigenvalue weighted by atomic mass is 9.88. The van der Waals surface area contributed by atoms with Crippen LogP contribution < -0.4 is 0 Å². The third kappa shape index (κ3) is 4.25. The van der Waals surface area contributed by atoms with E-state index in [0.717, 1.165) is 66.3 Å². The Morgan fingerprint density at radius 2 is 1.29 bits per heavy atom. The maximum absolute atomic E-state index is 6.95. The highest BCUT2D eigenvalue weighted by molar-refractivity contribution is 6.23. The van der Waals surface area contributed by atoms with Gasteiger partial charge in [0.05, 0.1) is 27.7 Å². The van der Waals surface area contributed by atoms with Gasteiger partial charge in [0.1, 0.15) is 28.2 Å². The smallest absolute Gasteiger partial charge is 0.149 e. The summed E-state index contributed by atoms with van der Waals surface area (Å²) in [4.78, 5) is 5.41. The van der Waals surface area contributed by atoms with Gasteiger partial charge < -0.3 is 8.83 Å². The van der Waals surface area contributed by atoms with Crippen LogP contribution in [0, 0.1) is 6.92 Å². The summed E-state index contributed by atoms with van der Waals surface area (Å²) in [6.07, 6.45) is 0. The normalized spacial score (nSPS) is 12.2. The second-order valence-corrected chi connectivity index (χ2v) is 13.6. The van der Waals surface area contributed by atoms with Crippen molar-refractivity contribution < 1.29 is 8.83 Å². The highest BCUT2D eigenvalue weighted by atomic mass is 16.3. The Morgan fingerprint density at radius 1 is 0.583 bits per heavy atom. The Hall–Kier alpha value is -5.61. The number of hydrogen-bond acceptors (Lipinski definition) is 3. The third-order valence-electron chi connectivity index (χ3n) is 9.80. The number of hydrogen-bond donors (Lipinski definition) is 0. The molecule has 0 aliphatic carbocycles. The number of fused-ring (bicyclic) bond motifs is 8. The Morgan fingerprint density at radius 3 is 2.06 bits per heavy atom. The molecular weight excluding hydrogens is 588 g/mol. The van der Waals surface area contributed by atoms with Crippen molar-refractivity contribution in [1.82, 2.24) is 9.55 Å². The molecule has 4 heteroatoms. The van der Waals surface area contributed by atoms with Crippen LogP contribution in [0.4, 0.5) is 0 Å². The Labute approximate surface area is 279 Å². The van der Waals surface area contributed by atoms with E-state index >= 15 is 0 Å². The molecule has 0 aliphatic heterocycles. The van der Waals surface area contributed by atoms with E-state index in [1.807, 2.05) is 12.1 Å². The van der Waals surface area contributed by atoms with E-state index in [1.54, 1.807) is 0 Å². The predicted molar refractivity (Wildman–Crippen MR) is 199 cm³/mol. The van der Waals surface area contributed by atoms with Crippen molar-refractivity contribution in [3.63, 3.8) is 0 Å². The lowest BCUT2D eigenvalue weighted by Crippen LogP contribution is -2.09. The number of aromatic nitrogens is 2. The number of furan rings is 2. The predicted octanol–water partition coefficient (Wildman–Crippen LogP) is 12.7. The van der Waals surface area contributed by atoms with E-state index < -0.39 is 0 Å². The van der Waals surface area contributed by atoms with E-state index in [-0.39, 0.29) is 11.8 Å². The van der Waals surface area contributed by atoms with Crippen molar-refractivity contribution in [2.24, 2.45) is 0 Å². The van der Waals surface area contributed by atoms with Gasteiger partial charge in [-0.25, -0.2) is 4.98 Å². The average Bonchev–Trinajstić information content (AvgIpc) is 3.78. The molecule has 6 aromatic carbocycles. The molecule has 234 valence electrons. The molecular formula is C44H36N2O2. The van der Waals surface area contributed by atoms with Crippen molar-refractivity contribution in [3.8, 4) is 28.2 Å². The molecule has 0 amide bonds. The van der Waals surface area contributed by atoms with Crippen LogP contribution in [0.15, 0.2) is 124 Å². The molecule has 48 heavy (non-hydrogen) atoms. The molecule has 0 aliphatic rings. The fourth-order valence-electron chi connectivity index (χ4n) is 7.45. The minimum absolute atomic E-state index is 0.279. The van der Waals surface area contributed by atoms with Gasteiger partial charge in [-0.15, -0.1) is 0 Å². The minimum atomic E-state index is 0.279. The quantitative estimate of drug-likeness (QED) is 0.191. The number of nitrogens with zero attached hydrogens (tertiary/aromatic N) is 2. The topological polar surface area (TPSA) is 44.1 Å². The molecule has 0 fully saturated rings. The van der Waals surface area contributed by atoms with Crippen molar-refractivity contribution in [2.45, 2.75) is 46.5 Å². The summed E-state index contributed by atoms with van der Waals surface area (Å²) in [5.74, 6) is 1.44. The van der Waals surface area contributed by atoms with Crippen LogP contribution in [0.1, 0.15) is 56.2 Å². The van der Waals surface area contributed by atoms with Gasteiger partial charge in [-0.2, -0.15) is 0 Å². The van der Waals surface area contributed by atoms with Gasteiger partial charge in [0.2, 0.25) is 0 Å². The Bertz CT molecular complexity index is 2660. The second-order valence-electron chi connectivity index (χ2n) is 13.6. The first-order chi connectivity index (χ1) is 23.4. The van der Waals surface area contributed by atoms with Gasteiger partial charge in [-0.3, -0.25) is 4.57 Å². The molecule has 3 heterocycles. The Kier molecular flexibility index (Phi) is 6.38. The zero-order valence-corrected chi connectivity index (χ0v) is 27.8. The number of aryl methyl sites for hydroxylation is 1. The number of benzene rings is 6. The first-order valence-electron chi connectivity index (χ1n) is 16.9. The minimum Gasteiger partial charge on any atom is -0.456 e. The molecule has 0 saturated carbocycles. The zero-order valence-electron chi connectivity index (χ0n) is 27.8. The number of imidazole rings is 1. The molecule has 0 bridgehead atoms. The summed E-state index contributed by atoms with van der Waals surface area (Å²) >= 11 is 0. The summed E-state index contributed by atoms with van der Waals surface area (Å²) in [5, 5.41) is 4.21. The molecule has 0 atom stereocenters. The fourth-order valence-corrected chi connectivity index (χ4v) is 7.45. The van der Waals surface area contributed by atoms with E-state index in [2.05, 4.69) is 142 Å². The number of rotatable bonds is 5. The highest BCUT2D eigenvalue weighted by Gasteiger charge is 2.26. The highest BCUT2D eigenvalue weighted by Crippen LogP contribution is 2.44. The van der Waals surface area contributed by atoms with E-state index in [0.29, 0.717) is 0 Å². The van der Waals surface area contributed by atoms with Crippen molar-refractivity contribution in [2.75, 3.05) is 0 Å². The van der Waals surface area contributed by atoms with Crippen molar-refractivity contribution in [1.29, 1.82) is 0 Å². The summed E-state index contributed by atoms with van der Waals surface area (Å²) in [6, 6.07) is 40.9. The lowest BCUT2D eigenvalue weighted by molar-refractivity contribution is 0.663. The molecule has 0 radical (unpaired) electrons. The average molecular weight is 625 g/mol. The lowest BCUT2D eigenvalue weighted by Gasteiger charge is -2.24. The van der Waals surface area contributed by atoms with Gasteiger partial charge in [-0.1, -0.05) is 94.4 Å². The van der Waals surface area contributed by atoms with E-state index in [4.69, 9.17) is 13.8 Å². The maximum atomic E-state index is 6.95. The monoisotopic (exact) mass is 624 g/mol. The van der Waals surface area contributed by atoms with Gasteiger partial charge >= 0.3 is 0 Å². The molecule has 0 N–H and O–H groups in total. The zero-order chi connectivity index (χ0) is 32.7. The van der Waals surface area contributed by atoms with Crippen LogP contribution in [0.3, 0.4) is 0 Å². The van der Waals surface area contributed by atoms with Crippen molar-refractivity contribution >= 4 is 54.9 Å². The fraction of sp³-hybridized carbons (Fsp3) is 0.159. The molecule has 3 aromatic heterocycles. The van der Waals surface area contributed by atoms with E-state index in [9.17, 15) is 0 Å². The first kappa shape index (κ1) is 28.6. The largest absolute Gasteiger partial charge is 0.456 e. The van der Waals surface area contributed by atoms with Crippen LogP contribution in [0.25, 0.3) is 83.1 Å². The van der Waals surface area contributed by atoms with Gasteiger partial charge in [0.15, 0.2) is 0 Å². The van der Waals surface area contributed by atoms with Crippen LogP contribution in [-0.2, 0) is 0 Å². The SMILES string of the molecule is Cc1ccc2c(c1)nc(-c1cccc3c1oc1c3ccc3oc4ccccc4c31)n2-c1c(C(C)C)cc(-c2ccccc2)cc1C(C)C. The summed E-state index contributed by atoms with van der Waals surface area (Å²) in [5.41, 5.74) is 13.8. The summed E-state index contributed by atoms with van der Waals surface area (Å²) < 4.78 is 15.6. The number of para-hydroxylation sites is 2. The molecule has 9 aromatic rings. The molecule has 0 spiro atoms.